The van der Waals surface area contributed by atoms with Gasteiger partial charge in [-0.1, -0.05) is 37.5 Å². The van der Waals surface area contributed by atoms with Crippen LogP contribution in [0.25, 0.3) is 0 Å². The summed E-state index contributed by atoms with van der Waals surface area (Å²) in [5.41, 5.74) is 1.51. The number of nitrogens with zero attached hydrogens (tertiary/aromatic N) is 1. The van der Waals surface area contributed by atoms with Gasteiger partial charge < -0.3 is 10.1 Å². The van der Waals surface area contributed by atoms with Gasteiger partial charge in [0.25, 0.3) is 15.9 Å². The second-order valence-corrected chi connectivity index (χ2v) is 8.59. The number of nitrogens with one attached hydrogen (secondary N) is 1. The summed E-state index contributed by atoms with van der Waals surface area (Å²) >= 11 is 0. The highest BCUT2D eigenvalue weighted by Crippen LogP contribution is 2.24. The summed E-state index contributed by atoms with van der Waals surface area (Å²) in [6.07, 6.45) is 3.15. The number of aryl methyl sites for hydroxylation is 1. The molecule has 2 aromatic rings. The van der Waals surface area contributed by atoms with E-state index in [1.165, 1.54) is 11.4 Å². The minimum Gasteiger partial charge on any atom is -0.484 e. The Morgan fingerprint density at radius 2 is 1.68 bits per heavy atom. The maximum atomic E-state index is 12.7. The molecule has 7 heteroatoms. The predicted molar refractivity (Wildman–Crippen MR) is 111 cm³/mol. The van der Waals surface area contributed by atoms with Gasteiger partial charge in [-0.25, -0.2) is 8.42 Å². The van der Waals surface area contributed by atoms with Gasteiger partial charge in [0.2, 0.25) is 0 Å². The molecule has 28 heavy (non-hydrogen) atoms. The average Bonchev–Trinajstić information content (AvgIpc) is 2.70. The quantitative estimate of drug-likeness (QED) is 0.615. The molecule has 0 heterocycles. The van der Waals surface area contributed by atoms with Crippen molar-refractivity contribution in [3.8, 4) is 5.75 Å². The third-order valence-corrected chi connectivity index (χ3v) is 6.15. The molecule has 0 unspecified atom stereocenters. The summed E-state index contributed by atoms with van der Waals surface area (Å²) in [7, 11) is -2.13. The van der Waals surface area contributed by atoms with Crippen LogP contribution in [0, 0.1) is 6.92 Å². The molecular formula is C21H28N2O4S. The molecule has 1 N–H and O–H groups in total. The summed E-state index contributed by atoms with van der Waals surface area (Å²) in [6, 6.07) is 13.3. The lowest BCUT2D eigenvalue weighted by atomic mass is 10.2. The summed E-state index contributed by atoms with van der Waals surface area (Å²) in [5.74, 6) is 0.341. The van der Waals surface area contributed by atoms with Gasteiger partial charge in [-0.3, -0.25) is 9.10 Å². The van der Waals surface area contributed by atoms with Crippen LogP contribution in [0.4, 0.5) is 5.69 Å². The number of ether oxygens (including phenoxy) is 1. The maximum absolute atomic E-state index is 12.7. The Balaban J connectivity index is 1.94. The van der Waals surface area contributed by atoms with Crippen LogP contribution in [0.15, 0.2) is 53.4 Å². The minimum absolute atomic E-state index is 0.0665. The van der Waals surface area contributed by atoms with Gasteiger partial charge in [-0.2, -0.15) is 0 Å². The first-order chi connectivity index (χ1) is 13.3. The van der Waals surface area contributed by atoms with Crippen molar-refractivity contribution in [1.82, 2.24) is 5.32 Å². The van der Waals surface area contributed by atoms with Gasteiger partial charge in [-0.05, 0) is 49.7 Å². The van der Waals surface area contributed by atoms with Crippen molar-refractivity contribution in [3.05, 3.63) is 54.1 Å². The topological polar surface area (TPSA) is 75.7 Å². The number of rotatable bonds is 10. The minimum atomic E-state index is -3.63. The van der Waals surface area contributed by atoms with Gasteiger partial charge in [0.05, 0.1) is 10.6 Å². The molecule has 0 atom stereocenters. The fraction of sp³-hybridized carbons (Fsp3) is 0.381. The van der Waals surface area contributed by atoms with Crippen LogP contribution in [0.1, 0.15) is 31.7 Å². The van der Waals surface area contributed by atoms with E-state index in [-0.39, 0.29) is 17.4 Å². The van der Waals surface area contributed by atoms with Crippen LogP contribution in [0.2, 0.25) is 0 Å². The van der Waals surface area contributed by atoms with Gasteiger partial charge in [-0.15, -0.1) is 0 Å². The number of hydrogen-bond donors (Lipinski definition) is 1. The van der Waals surface area contributed by atoms with E-state index in [0.717, 1.165) is 24.8 Å². The first-order valence-electron chi connectivity index (χ1n) is 9.39. The van der Waals surface area contributed by atoms with Gasteiger partial charge in [0.1, 0.15) is 5.75 Å². The highest BCUT2D eigenvalue weighted by molar-refractivity contribution is 7.92. The number of carbonyl (C=O) groups excluding carboxylic acids is 1. The van der Waals surface area contributed by atoms with Crippen molar-refractivity contribution < 1.29 is 17.9 Å². The van der Waals surface area contributed by atoms with Crippen LogP contribution in [-0.2, 0) is 14.8 Å². The molecule has 2 aromatic carbocycles. The largest absolute Gasteiger partial charge is 0.484 e. The molecule has 0 bridgehead atoms. The third-order valence-electron chi connectivity index (χ3n) is 4.35. The lowest BCUT2D eigenvalue weighted by Gasteiger charge is -2.20. The molecule has 0 saturated carbocycles. The van der Waals surface area contributed by atoms with Crippen molar-refractivity contribution in [2.45, 2.75) is 38.0 Å². The Morgan fingerprint density at radius 3 is 2.29 bits per heavy atom. The molecule has 152 valence electrons. The van der Waals surface area contributed by atoms with Crippen LogP contribution >= 0.6 is 0 Å². The first kappa shape index (κ1) is 21.8. The van der Waals surface area contributed by atoms with Crippen LogP contribution in [-0.4, -0.2) is 34.5 Å². The number of anilines is 1. The summed E-state index contributed by atoms with van der Waals surface area (Å²) in [6.45, 7) is 4.60. The Labute approximate surface area is 167 Å². The van der Waals surface area contributed by atoms with Gasteiger partial charge in [0, 0.05) is 13.6 Å². The molecule has 2 rings (SSSR count). The van der Waals surface area contributed by atoms with E-state index < -0.39 is 10.0 Å². The number of sulfonamides is 1. The fourth-order valence-electron chi connectivity index (χ4n) is 2.56. The average molecular weight is 405 g/mol. The summed E-state index contributed by atoms with van der Waals surface area (Å²) in [4.78, 5) is 12.0. The molecule has 0 aromatic heterocycles. The van der Waals surface area contributed by atoms with Crippen LogP contribution in [0.5, 0.6) is 5.75 Å². The monoisotopic (exact) mass is 404 g/mol. The van der Waals surface area contributed by atoms with Crippen molar-refractivity contribution >= 4 is 21.6 Å². The van der Waals surface area contributed by atoms with Crippen LogP contribution in [0.3, 0.4) is 0 Å². The van der Waals surface area contributed by atoms with E-state index in [2.05, 4.69) is 12.2 Å². The number of hydrogen-bond acceptors (Lipinski definition) is 4. The highest BCUT2D eigenvalue weighted by Gasteiger charge is 2.21. The second kappa shape index (κ2) is 10.1. The molecule has 0 fully saturated rings. The van der Waals surface area contributed by atoms with E-state index in [4.69, 9.17) is 4.74 Å². The van der Waals surface area contributed by atoms with Crippen LogP contribution < -0.4 is 14.4 Å². The first-order valence-corrected chi connectivity index (χ1v) is 10.8. The number of benzene rings is 2. The normalized spacial score (nSPS) is 11.1. The molecule has 0 aliphatic rings. The Hall–Kier alpha value is -2.54. The van der Waals surface area contributed by atoms with E-state index in [9.17, 15) is 13.2 Å². The van der Waals surface area contributed by atoms with Crippen molar-refractivity contribution in [2.75, 3.05) is 24.5 Å². The number of carbonyl (C=O) groups is 1. The summed E-state index contributed by atoms with van der Waals surface area (Å²) < 4.78 is 32.2. The molecule has 1 amide bonds. The Morgan fingerprint density at radius 1 is 1.04 bits per heavy atom. The lowest BCUT2D eigenvalue weighted by Crippen LogP contribution is -2.29. The fourth-order valence-corrected chi connectivity index (χ4v) is 3.76. The van der Waals surface area contributed by atoms with Gasteiger partial charge in [0.15, 0.2) is 6.61 Å². The molecule has 0 aliphatic heterocycles. The van der Waals surface area contributed by atoms with Gasteiger partial charge >= 0.3 is 0 Å². The van der Waals surface area contributed by atoms with Crippen molar-refractivity contribution in [2.24, 2.45) is 0 Å². The van der Waals surface area contributed by atoms with E-state index >= 15 is 0 Å². The standard InChI is InChI=1S/C21H28N2O4S/c1-4-5-6-15-22-21(24)16-27-19-11-9-18(10-12-19)23(3)28(25,26)20-13-7-17(2)8-14-20/h7-14H,4-6,15-16H2,1-3H3,(H,22,24). The molecule has 0 radical (unpaired) electrons. The number of unbranched alkanes of at least 4 members (excludes halogenated alkanes) is 2. The highest BCUT2D eigenvalue weighted by atomic mass is 32.2. The van der Waals surface area contributed by atoms with Crippen molar-refractivity contribution in [3.63, 3.8) is 0 Å². The molecular weight excluding hydrogens is 376 g/mol. The SMILES string of the molecule is CCCCCNC(=O)COc1ccc(N(C)S(=O)(=O)c2ccc(C)cc2)cc1. The zero-order valence-corrected chi connectivity index (χ0v) is 17.5. The van der Waals surface area contributed by atoms with E-state index in [1.807, 2.05) is 6.92 Å². The molecule has 0 spiro atoms. The Kier molecular flexibility index (Phi) is 7.87. The smallest absolute Gasteiger partial charge is 0.264 e. The molecule has 0 saturated heterocycles. The van der Waals surface area contributed by atoms with E-state index in [1.54, 1.807) is 48.5 Å². The third kappa shape index (κ3) is 5.99. The lowest BCUT2D eigenvalue weighted by molar-refractivity contribution is -0.123. The number of amides is 1. The molecule has 6 nitrogen and oxygen atoms in total. The van der Waals surface area contributed by atoms with Crippen molar-refractivity contribution in [1.29, 1.82) is 0 Å². The second-order valence-electron chi connectivity index (χ2n) is 6.63. The zero-order chi connectivity index (χ0) is 20.6. The maximum Gasteiger partial charge on any atom is 0.264 e. The zero-order valence-electron chi connectivity index (χ0n) is 16.6. The summed E-state index contributed by atoms with van der Waals surface area (Å²) in [5, 5.41) is 2.81. The Bertz CT molecular complexity index is 862. The molecule has 0 aliphatic carbocycles. The predicted octanol–water partition coefficient (Wildman–Crippen LogP) is 3.51. The van der Waals surface area contributed by atoms with E-state index in [0.29, 0.717) is 18.0 Å².